The maximum absolute atomic E-state index is 11.9. The van der Waals surface area contributed by atoms with E-state index in [2.05, 4.69) is 10.3 Å². The van der Waals surface area contributed by atoms with E-state index in [1.165, 1.54) is 0 Å². The topological polar surface area (TPSA) is 68.0 Å². The third-order valence-electron chi connectivity index (χ3n) is 3.05. The lowest BCUT2D eigenvalue weighted by molar-refractivity contribution is -0.126. The van der Waals surface area contributed by atoms with E-state index >= 15 is 0 Å². The molecule has 0 aromatic carbocycles. The summed E-state index contributed by atoms with van der Waals surface area (Å²) in [7, 11) is 0. The monoisotopic (exact) mass is 239 g/mol. The summed E-state index contributed by atoms with van der Waals surface area (Å²) in [5.41, 5.74) is 5.95. The normalized spacial score (nSPS) is 25.3. The molecule has 2 unspecified atom stereocenters. The van der Waals surface area contributed by atoms with Gasteiger partial charge in [0, 0.05) is 17.6 Å². The van der Waals surface area contributed by atoms with Gasteiger partial charge in [0.15, 0.2) is 0 Å². The first-order valence-corrected chi connectivity index (χ1v) is 6.57. The van der Waals surface area contributed by atoms with Crippen LogP contribution in [0, 0.1) is 5.92 Å². The molecular formula is C11H17N3OS. The highest BCUT2D eigenvalue weighted by Crippen LogP contribution is 2.23. The van der Waals surface area contributed by atoms with Crippen molar-refractivity contribution in [3.63, 3.8) is 0 Å². The fraction of sp³-hybridized carbons (Fsp3) is 0.636. The molecule has 88 valence electrons. The lowest BCUT2D eigenvalue weighted by Crippen LogP contribution is -2.43. The third kappa shape index (κ3) is 2.80. The number of nitrogens with two attached hydrogens (primary N) is 1. The molecule has 1 heterocycles. The van der Waals surface area contributed by atoms with Crippen molar-refractivity contribution in [2.24, 2.45) is 11.7 Å². The molecule has 3 N–H and O–H groups in total. The van der Waals surface area contributed by atoms with Crippen LogP contribution in [0.15, 0.2) is 11.6 Å². The van der Waals surface area contributed by atoms with Crippen LogP contribution >= 0.6 is 11.3 Å². The maximum Gasteiger partial charge on any atom is 0.225 e. The Morgan fingerprint density at radius 2 is 2.38 bits per heavy atom. The lowest BCUT2D eigenvalue weighted by atomic mass is 9.84. The average Bonchev–Trinajstić information content (AvgIpc) is 2.79. The van der Waals surface area contributed by atoms with Crippen LogP contribution < -0.4 is 11.1 Å². The number of hydrogen-bond acceptors (Lipinski definition) is 4. The molecule has 1 fully saturated rings. The summed E-state index contributed by atoms with van der Waals surface area (Å²) in [5, 5.41) is 5.77. The van der Waals surface area contributed by atoms with E-state index in [1.54, 1.807) is 17.5 Å². The largest absolute Gasteiger partial charge is 0.349 e. The molecule has 2 rings (SSSR count). The van der Waals surface area contributed by atoms with Crippen molar-refractivity contribution in [3.8, 4) is 0 Å². The van der Waals surface area contributed by atoms with Crippen LogP contribution in [0.25, 0.3) is 0 Å². The van der Waals surface area contributed by atoms with Gasteiger partial charge in [0.05, 0.1) is 12.5 Å². The van der Waals surface area contributed by atoms with Gasteiger partial charge < -0.3 is 11.1 Å². The molecule has 5 heteroatoms. The molecule has 1 aliphatic rings. The van der Waals surface area contributed by atoms with Crippen molar-refractivity contribution < 1.29 is 4.79 Å². The Hall–Kier alpha value is -0.940. The lowest BCUT2D eigenvalue weighted by Gasteiger charge is -2.27. The van der Waals surface area contributed by atoms with Crippen LogP contribution in [0.3, 0.4) is 0 Å². The molecular weight excluding hydrogens is 222 g/mol. The number of carbonyl (C=O) groups is 1. The van der Waals surface area contributed by atoms with Gasteiger partial charge in [-0.25, -0.2) is 4.98 Å². The zero-order valence-electron chi connectivity index (χ0n) is 9.19. The van der Waals surface area contributed by atoms with Crippen LogP contribution in [-0.4, -0.2) is 16.9 Å². The van der Waals surface area contributed by atoms with Crippen molar-refractivity contribution >= 4 is 17.2 Å². The molecule has 1 saturated carbocycles. The SMILES string of the molecule is NC1CCCCC1C(=O)NCc1nccs1. The number of hydrogen-bond donors (Lipinski definition) is 2. The molecule has 1 aliphatic carbocycles. The Morgan fingerprint density at radius 3 is 3.06 bits per heavy atom. The van der Waals surface area contributed by atoms with Crippen LogP contribution in [0.4, 0.5) is 0 Å². The standard InChI is InChI=1S/C11H17N3OS/c12-9-4-2-1-3-8(9)11(15)14-7-10-13-5-6-16-10/h5-6,8-9H,1-4,7,12H2,(H,14,15). The second kappa shape index (κ2) is 5.41. The van der Waals surface area contributed by atoms with Crippen LogP contribution in [0.1, 0.15) is 30.7 Å². The van der Waals surface area contributed by atoms with Crippen LogP contribution in [-0.2, 0) is 11.3 Å². The number of aromatic nitrogens is 1. The number of nitrogens with one attached hydrogen (secondary N) is 1. The molecule has 2 atom stereocenters. The van der Waals surface area contributed by atoms with E-state index in [9.17, 15) is 4.79 Å². The van der Waals surface area contributed by atoms with E-state index in [1.807, 2.05) is 5.38 Å². The van der Waals surface area contributed by atoms with Gasteiger partial charge in [-0.1, -0.05) is 12.8 Å². The second-order valence-electron chi connectivity index (χ2n) is 4.20. The molecule has 1 aromatic rings. The number of rotatable bonds is 3. The molecule has 16 heavy (non-hydrogen) atoms. The zero-order chi connectivity index (χ0) is 11.4. The van der Waals surface area contributed by atoms with E-state index in [0.717, 1.165) is 30.7 Å². The first-order valence-electron chi connectivity index (χ1n) is 5.69. The third-order valence-corrected chi connectivity index (χ3v) is 3.83. The van der Waals surface area contributed by atoms with Crippen molar-refractivity contribution in [2.75, 3.05) is 0 Å². The molecule has 1 amide bonds. The Balaban J connectivity index is 1.83. The Labute approximate surface area is 99.3 Å². The van der Waals surface area contributed by atoms with Crippen LogP contribution in [0.2, 0.25) is 0 Å². The molecule has 0 aliphatic heterocycles. The number of carbonyl (C=O) groups excluding carboxylic acids is 1. The first kappa shape index (κ1) is 11.5. The van der Waals surface area contributed by atoms with Gasteiger partial charge in [-0.2, -0.15) is 0 Å². The molecule has 0 spiro atoms. The molecule has 0 saturated heterocycles. The molecule has 0 bridgehead atoms. The second-order valence-corrected chi connectivity index (χ2v) is 5.18. The van der Waals surface area contributed by atoms with Gasteiger partial charge in [-0.3, -0.25) is 4.79 Å². The number of thiazole rings is 1. The average molecular weight is 239 g/mol. The molecule has 0 radical (unpaired) electrons. The summed E-state index contributed by atoms with van der Waals surface area (Å²) in [6.45, 7) is 0.528. The molecule has 4 nitrogen and oxygen atoms in total. The van der Waals surface area contributed by atoms with Gasteiger partial charge in [0.1, 0.15) is 5.01 Å². The van der Waals surface area contributed by atoms with E-state index < -0.39 is 0 Å². The van der Waals surface area contributed by atoms with Gasteiger partial charge in [-0.05, 0) is 12.8 Å². The van der Waals surface area contributed by atoms with Crippen molar-refractivity contribution in [3.05, 3.63) is 16.6 Å². The fourth-order valence-electron chi connectivity index (χ4n) is 2.12. The smallest absolute Gasteiger partial charge is 0.225 e. The Morgan fingerprint density at radius 1 is 1.56 bits per heavy atom. The minimum atomic E-state index is -0.00582. The van der Waals surface area contributed by atoms with Crippen LogP contribution in [0.5, 0.6) is 0 Å². The highest BCUT2D eigenvalue weighted by atomic mass is 32.1. The van der Waals surface area contributed by atoms with Crippen molar-refractivity contribution in [2.45, 2.75) is 38.3 Å². The number of amides is 1. The van der Waals surface area contributed by atoms with Gasteiger partial charge in [0.2, 0.25) is 5.91 Å². The highest BCUT2D eigenvalue weighted by Gasteiger charge is 2.27. The summed E-state index contributed by atoms with van der Waals surface area (Å²) in [6.07, 6.45) is 5.90. The van der Waals surface area contributed by atoms with Gasteiger partial charge in [0.25, 0.3) is 0 Å². The van der Waals surface area contributed by atoms with Crippen molar-refractivity contribution in [1.29, 1.82) is 0 Å². The zero-order valence-corrected chi connectivity index (χ0v) is 10.0. The van der Waals surface area contributed by atoms with E-state index in [4.69, 9.17) is 5.73 Å². The quantitative estimate of drug-likeness (QED) is 0.835. The maximum atomic E-state index is 11.9. The van der Waals surface area contributed by atoms with E-state index in [-0.39, 0.29) is 17.9 Å². The van der Waals surface area contributed by atoms with Gasteiger partial charge in [-0.15, -0.1) is 11.3 Å². The number of nitrogens with zero attached hydrogens (tertiary/aromatic N) is 1. The van der Waals surface area contributed by atoms with E-state index in [0.29, 0.717) is 6.54 Å². The highest BCUT2D eigenvalue weighted by molar-refractivity contribution is 7.09. The van der Waals surface area contributed by atoms with Crippen molar-refractivity contribution in [1.82, 2.24) is 10.3 Å². The predicted octanol–water partition coefficient (Wildman–Crippen LogP) is 1.28. The van der Waals surface area contributed by atoms with Gasteiger partial charge >= 0.3 is 0 Å². The predicted molar refractivity (Wildman–Crippen MR) is 63.9 cm³/mol. The minimum Gasteiger partial charge on any atom is -0.349 e. The summed E-state index contributed by atoms with van der Waals surface area (Å²) in [6, 6.07) is 0.0324. The minimum absolute atomic E-state index is 0.00582. The fourth-order valence-corrected chi connectivity index (χ4v) is 2.68. The first-order chi connectivity index (χ1) is 7.77. The Bertz CT molecular complexity index is 339. The summed E-state index contributed by atoms with van der Waals surface area (Å²) in [5.74, 6) is 0.0797. The Kier molecular flexibility index (Phi) is 3.90. The summed E-state index contributed by atoms with van der Waals surface area (Å²) in [4.78, 5) is 16.0. The summed E-state index contributed by atoms with van der Waals surface area (Å²) < 4.78 is 0. The molecule has 1 aromatic heterocycles. The summed E-state index contributed by atoms with van der Waals surface area (Å²) >= 11 is 1.56.